The second kappa shape index (κ2) is 10.7. The van der Waals surface area contributed by atoms with Crippen LogP contribution >= 0.6 is 0 Å². The Balaban J connectivity index is 1.55. The maximum absolute atomic E-state index is 12.7. The van der Waals surface area contributed by atoms with E-state index in [2.05, 4.69) is 29.6 Å². The number of nitrogens with zero attached hydrogens (tertiary/aromatic N) is 3. The first-order valence-corrected chi connectivity index (χ1v) is 11.5. The van der Waals surface area contributed by atoms with Gasteiger partial charge in [0.25, 0.3) is 6.10 Å². The summed E-state index contributed by atoms with van der Waals surface area (Å²) in [5.41, 5.74) is 3.55. The highest BCUT2D eigenvalue weighted by atomic mass is 19.4. The molecule has 0 spiro atoms. The highest BCUT2D eigenvalue weighted by Crippen LogP contribution is 2.36. The Hall–Kier alpha value is -2.01. The van der Waals surface area contributed by atoms with E-state index in [-0.39, 0.29) is 13.1 Å². The quantitative estimate of drug-likeness (QED) is 0.532. The first-order chi connectivity index (χ1) is 15.9. The van der Waals surface area contributed by atoms with E-state index in [1.165, 1.54) is 30.4 Å². The van der Waals surface area contributed by atoms with Gasteiger partial charge in [-0.15, -0.1) is 0 Å². The number of amides is 1. The summed E-state index contributed by atoms with van der Waals surface area (Å²) >= 11 is 0. The van der Waals surface area contributed by atoms with Crippen LogP contribution in [0.4, 0.5) is 31.1 Å². The molecular weight excluding hydrogens is 464 g/mol. The number of piperazine rings is 1. The lowest BCUT2D eigenvalue weighted by Crippen LogP contribution is -2.52. The van der Waals surface area contributed by atoms with Crippen LogP contribution in [-0.2, 0) is 17.8 Å². The predicted octanol–water partition coefficient (Wildman–Crippen LogP) is 5.12. The lowest BCUT2D eigenvalue weighted by molar-refractivity contribution is -0.308. The summed E-state index contributed by atoms with van der Waals surface area (Å²) in [7, 11) is 0. The monoisotopic (exact) mass is 495 g/mol. The summed E-state index contributed by atoms with van der Waals surface area (Å²) in [5.74, 6) is 0. The minimum atomic E-state index is -5.72. The first-order valence-electron chi connectivity index (χ1n) is 11.5. The topological polar surface area (TPSA) is 36.0 Å². The normalized spacial score (nSPS) is 21.2. The maximum atomic E-state index is 12.7. The number of halogens is 6. The molecule has 1 amide bonds. The molecule has 0 N–H and O–H groups in total. The number of carbonyl (C=O) groups excluding carboxylic acids is 1. The molecule has 1 atom stereocenters. The van der Waals surface area contributed by atoms with E-state index in [1.54, 1.807) is 0 Å². The van der Waals surface area contributed by atoms with Crippen LogP contribution in [-0.4, -0.2) is 78.0 Å². The van der Waals surface area contributed by atoms with Crippen molar-refractivity contribution in [2.45, 2.75) is 70.7 Å². The Labute approximate surface area is 195 Å². The van der Waals surface area contributed by atoms with Gasteiger partial charge in [0.15, 0.2) is 0 Å². The van der Waals surface area contributed by atoms with Gasteiger partial charge in [-0.2, -0.15) is 26.3 Å². The van der Waals surface area contributed by atoms with Crippen molar-refractivity contribution < 1.29 is 35.9 Å². The summed E-state index contributed by atoms with van der Waals surface area (Å²) < 4.78 is 79.8. The van der Waals surface area contributed by atoms with Crippen LogP contribution < -0.4 is 0 Å². The number of carbonyl (C=O) groups is 1. The van der Waals surface area contributed by atoms with Gasteiger partial charge >= 0.3 is 18.4 Å². The van der Waals surface area contributed by atoms with Gasteiger partial charge in [-0.25, -0.2) is 4.79 Å². The van der Waals surface area contributed by atoms with Crippen LogP contribution in [0.3, 0.4) is 0 Å². The molecule has 0 aromatic heterocycles. The third-order valence-corrected chi connectivity index (χ3v) is 6.71. The molecule has 0 bridgehead atoms. The van der Waals surface area contributed by atoms with Gasteiger partial charge < -0.3 is 9.64 Å². The van der Waals surface area contributed by atoms with Gasteiger partial charge in [-0.1, -0.05) is 24.6 Å². The van der Waals surface area contributed by atoms with E-state index in [4.69, 9.17) is 0 Å². The number of benzene rings is 1. The molecule has 2 heterocycles. The Bertz CT molecular complexity index is 823. The molecule has 0 radical (unpaired) electrons. The van der Waals surface area contributed by atoms with Crippen LogP contribution in [0.15, 0.2) is 18.2 Å². The molecule has 11 heteroatoms. The van der Waals surface area contributed by atoms with Crippen molar-refractivity contribution in [3.8, 4) is 0 Å². The number of hydrogen-bond acceptors (Lipinski definition) is 4. The third kappa shape index (κ3) is 6.78. The fourth-order valence-electron chi connectivity index (χ4n) is 4.51. The van der Waals surface area contributed by atoms with Crippen molar-refractivity contribution in [3.63, 3.8) is 0 Å². The second-order valence-electron chi connectivity index (χ2n) is 9.13. The van der Waals surface area contributed by atoms with E-state index >= 15 is 0 Å². The van der Waals surface area contributed by atoms with E-state index in [9.17, 15) is 31.1 Å². The van der Waals surface area contributed by atoms with E-state index in [1.807, 2.05) is 17.0 Å². The SMILES string of the molecule is Cc1c(CN2CCN(C(=O)OC(C(F)(F)F)C(F)(F)F)CC2)cccc1CN1CCCC[C@@H]1C. The maximum Gasteiger partial charge on any atom is 0.434 e. The second-order valence-corrected chi connectivity index (χ2v) is 9.13. The zero-order chi connectivity index (χ0) is 25.1. The van der Waals surface area contributed by atoms with Gasteiger partial charge in [-0.3, -0.25) is 9.80 Å². The first kappa shape index (κ1) is 26.6. The highest BCUT2D eigenvalue weighted by Gasteiger charge is 2.60. The lowest BCUT2D eigenvalue weighted by atomic mass is 9.98. The largest absolute Gasteiger partial charge is 0.434 e. The number of alkyl halides is 6. The summed E-state index contributed by atoms with van der Waals surface area (Å²) in [5, 5.41) is 0. The molecule has 1 aromatic rings. The van der Waals surface area contributed by atoms with Crippen molar-refractivity contribution in [1.29, 1.82) is 0 Å². The van der Waals surface area contributed by atoms with Crippen LogP contribution in [0.1, 0.15) is 42.9 Å². The van der Waals surface area contributed by atoms with Crippen molar-refractivity contribution in [2.24, 2.45) is 0 Å². The van der Waals surface area contributed by atoms with Crippen LogP contribution in [0, 0.1) is 6.92 Å². The average Bonchev–Trinajstić information content (AvgIpc) is 2.75. The van der Waals surface area contributed by atoms with Crippen molar-refractivity contribution in [3.05, 3.63) is 34.9 Å². The van der Waals surface area contributed by atoms with E-state index < -0.39 is 24.5 Å². The van der Waals surface area contributed by atoms with Crippen molar-refractivity contribution in [1.82, 2.24) is 14.7 Å². The zero-order valence-corrected chi connectivity index (χ0v) is 19.4. The molecule has 34 heavy (non-hydrogen) atoms. The molecule has 2 fully saturated rings. The molecule has 2 aliphatic heterocycles. The van der Waals surface area contributed by atoms with Gasteiger partial charge in [-0.05, 0) is 49.9 Å². The zero-order valence-electron chi connectivity index (χ0n) is 19.4. The summed E-state index contributed by atoms with van der Waals surface area (Å²) in [6, 6.07) is 6.69. The van der Waals surface area contributed by atoms with Crippen molar-refractivity contribution >= 4 is 6.09 Å². The number of piperidine rings is 1. The number of likely N-dealkylation sites (tertiary alicyclic amines) is 1. The number of hydrogen-bond donors (Lipinski definition) is 0. The minimum absolute atomic E-state index is 0.00863. The Morgan fingerprint density at radius 3 is 2.12 bits per heavy atom. The predicted molar refractivity (Wildman–Crippen MR) is 114 cm³/mol. The highest BCUT2D eigenvalue weighted by molar-refractivity contribution is 5.68. The molecule has 0 aliphatic carbocycles. The van der Waals surface area contributed by atoms with Gasteiger partial charge in [0.2, 0.25) is 0 Å². The molecular formula is C23H31F6N3O2. The van der Waals surface area contributed by atoms with Crippen LogP contribution in [0.2, 0.25) is 0 Å². The molecule has 0 saturated carbocycles. The smallest absolute Gasteiger partial charge is 0.426 e. The molecule has 1 aromatic carbocycles. The Kier molecular flexibility index (Phi) is 8.38. The minimum Gasteiger partial charge on any atom is -0.426 e. The standard InChI is InChI=1S/C23H31F6N3O2/c1-16-6-3-4-9-32(16)15-19-8-5-7-18(17(19)2)14-30-10-12-31(13-11-30)21(33)34-20(22(24,25)26)23(27,28)29/h5,7-8,16,20H,3-4,6,9-15H2,1-2H3/t16-/m0/s1. The Morgan fingerprint density at radius 2 is 1.56 bits per heavy atom. The molecule has 192 valence electrons. The fraction of sp³-hybridized carbons (Fsp3) is 0.696. The molecule has 0 unspecified atom stereocenters. The Morgan fingerprint density at radius 1 is 0.971 bits per heavy atom. The number of rotatable bonds is 5. The van der Waals surface area contributed by atoms with Crippen LogP contribution in [0.25, 0.3) is 0 Å². The fourth-order valence-corrected chi connectivity index (χ4v) is 4.51. The summed E-state index contributed by atoms with van der Waals surface area (Å²) in [6.45, 7) is 7.49. The van der Waals surface area contributed by atoms with Crippen molar-refractivity contribution in [2.75, 3.05) is 32.7 Å². The molecule has 5 nitrogen and oxygen atoms in total. The van der Waals surface area contributed by atoms with E-state index in [0.717, 1.165) is 23.6 Å². The third-order valence-electron chi connectivity index (χ3n) is 6.71. The molecule has 2 aliphatic rings. The van der Waals surface area contributed by atoms with E-state index in [0.29, 0.717) is 25.7 Å². The van der Waals surface area contributed by atoms with Gasteiger partial charge in [0.1, 0.15) is 0 Å². The van der Waals surface area contributed by atoms with Gasteiger partial charge in [0.05, 0.1) is 0 Å². The summed E-state index contributed by atoms with van der Waals surface area (Å²) in [4.78, 5) is 17.4. The molecule has 2 saturated heterocycles. The number of ether oxygens (including phenoxy) is 1. The molecule has 3 rings (SSSR count). The van der Waals surface area contributed by atoms with Gasteiger partial charge in [0, 0.05) is 45.3 Å². The average molecular weight is 496 g/mol. The summed E-state index contributed by atoms with van der Waals surface area (Å²) in [6.07, 6.45) is -13.5. The lowest BCUT2D eigenvalue weighted by Gasteiger charge is -2.36. The van der Waals surface area contributed by atoms with Crippen LogP contribution in [0.5, 0.6) is 0 Å².